The van der Waals surface area contributed by atoms with Gasteiger partial charge in [-0.15, -0.1) is 0 Å². The van der Waals surface area contributed by atoms with Gasteiger partial charge in [0.05, 0.1) is 23.6 Å². The number of para-hydroxylation sites is 1. The third kappa shape index (κ3) is 3.24. The minimum Gasteiger partial charge on any atom is -0.494 e. The van der Waals surface area contributed by atoms with E-state index < -0.39 is 6.04 Å². The maximum absolute atomic E-state index is 13.5. The van der Waals surface area contributed by atoms with Crippen LogP contribution < -0.4 is 15.1 Å². The SMILES string of the molecule is CCOc1cccc(C2c3c(oc4ccccc4c3=O)C(=O)N2c2ccc(Br)cc2)c1. The van der Waals surface area contributed by atoms with Gasteiger partial charge in [-0.25, -0.2) is 0 Å². The molecule has 5 nitrogen and oxygen atoms in total. The van der Waals surface area contributed by atoms with E-state index in [0.29, 0.717) is 34.6 Å². The normalized spacial score (nSPS) is 15.4. The molecule has 0 radical (unpaired) electrons. The predicted octanol–water partition coefficient (Wildman–Crippen LogP) is 5.70. The Bertz CT molecular complexity index is 1360. The van der Waals surface area contributed by atoms with E-state index in [1.54, 1.807) is 29.2 Å². The summed E-state index contributed by atoms with van der Waals surface area (Å²) in [6.07, 6.45) is 0. The number of nitrogens with zero attached hydrogens (tertiary/aromatic N) is 1. The Hall–Kier alpha value is -3.38. The number of fused-ring (bicyclic) bond motifs is 2. The number of rotatable bonds is 4. The molecule has 0 saturated carbocycles. The van der Waals surface area contributed by atoms with Gasteiger partial charge in [-0.1, -0.05) is 40.2 Å². The van der Waals surface area contributed by atoms with Crippen LogP contribution in [0.1, 0.15) is 34.6 Å². The number of benzene rings is 3. The van der Waals surface area contributed by atoms with Gasteiger partial charge in [0.25, 0.3) is 5.91 Å². The van der Waals surface area contributed by atoms with Gasteiger partial charge >= 0.3 is 0 Å². The second-order valence-electron chi connectivity index (χ2n) is 7.23. The number of carbonyl (C=O) groups is 1. The van der Waals surface area contributed by atoms with Crippen LogP contribution in [0.3, 0.4) is 0 Å². The average molecular weight is 476 g/mol. The van der Waals surface area contributed by atoms with Crippen LogP contribution in [0.25, 0.3) is 11.0 Å². The Morgan fingerprint density at radius 2 is 1.77 bits per heavy atom. The minimum absolute atomic E-state index is 0.0819. The zero-order valence-electron chi connectivity index (χ0n) is 16.7. The molecular weight excluding hydrogens is 458 g/mol. The molecule has 5 rings (SSSR count). The molecule has 0 N–H and O–H groups in total. The standard InChI is InChI=1S/C25H18BrNO4/c1-2-30-18-7-5-6-15(14-18)22-21-23(28)19-8-3-4-9-20(19)31-24(21)25(29)27(22)17-12-10-16(26)11-13-17/h3-14,22H,2H2,1H3. The number of hydrogen-bond acceptors (Lipinski definition) is 4. The zero-order valence-corrected chi connectivity index (χ0v) is 18.3. The van der Waals surface area contributed by atoms with Gasteiger partial charge in [0.15, 0.2) is 5.43 Å². The monoisotopic (exact) mass is 475 g/mol. The van der Waals surface area contributed by atoms with Crippen molar-refractivity contribution in [3.8, 4) is 5.75 Å². The van der Waals surface area contributed by atoms with Gasteiger partial charge in [0, 0.05) is 10.2 Å². The van der Waals surface area contributed by atoms with Crippen LogP contribution in [0.5, 0.6) is 5.75 Å². The van der Waals surface area contributed by atoms with Crippen LogP contribution in [-0.2, 0) is 0 Å². The molecule has 1 aliphatic heterocycles. The van der Waals surface area contributed by atoms with Crippen molar-refractivity contribution in [2.24, 2.45) is 0 Å². The van der Waals surface area contributed by atoms with Crippen molar-refractivity contribution in [2.75, 3.05) is 11.5 Å². The summed E-state index contributed by atoms with van der Waals surface area (Å²) >= 11 is 3.44. The second kappa shape index (κ2) is 7.71. The Kier molecular flexibility index (Phi) is 4.87. The third-order valence-electron chi connectivity index (χ3n) is 5.37. The number of hydrogen-bond donors (Lipinski definition) is 0. The molecule has 0 spiro atoms. The molecule has 154 valence electrons. The Labute approximate surface area is 187 Å². The first kappa shape index (κ1) is 19.6. The van der Waals surface area contributed by atoms with E-state index in [1.807, 2.05) is 55.5 Å². The van der Waals surface area contributed by atoms with Crippen LogP contribution >= 0.6 is 15.9 Å². The van der Waals surface area contributed by atoms with Crippen LogP contribution in [0.4, 0.5) is 5.69 Å². The zero-order chi connectivity index (χ0) is 21.5. The summed E-state index contributed by atoms with van der Waals surface area (Å²) in [6, 6.07) is 21.3. The van der Waals surface area contributed by atoms with Crippen LogP contribution in [0.15, 0.2) is 86.5 Å². The summed E-state index contributed by atoms with van der Waals surface area (Å²) < 4.78 is 12.5. The van der Waals surface area contributed by atoms with E-state index in [-0.39, 0.29) is 17.1 Å². The second-order valence-corrected chi connectivity index (χ2v) is 8.15. The van der Waals surface area contributed by atoms with Crippen molar-refractivity contribution in [1.29, 1.82) is 0 Å². The number of ether oxygens (including phenoxy) is 1. The Morgan fingerprint density at radius 1 is 1.00 bits per heavy atom. The quantitative estimate of drug-likeness (QED) is 0.379. The van der Waals surface area contributed by atoms with Crippen molar-refractivity contribution >= 4 is 38.5 Å². The molecule has 3 aromatic carbocycles. The molecule has 2 heterocycles. The van der Waals surface area contributed by atoms with Crippen LogP contribution in [-0.4, -0.2) is 12.5 Å². The highest BCUT2D eigenvalue weighted by Gasteiger charge is 2.43. The predicted molar refractivity (Wildman–Crippen MR) is 123 cm³/mol. The average Bonchev–Trinajstić information content (AvgIpc) is 3.08. The van der Waals surface area contributed by atoms with Crippen molar-refractivity contribution in [3.63, 3.8) is 0 Å². The van der Waals surface area contributed by atoms with Gasteiger partial charge in [-0.05, 0) is 61.0 Å². The molecule has 0 fully saturated rings. The number of amides is 1. The molecule has 6 heteroatoms. The van der Waals surface area contributed by atoms with Gasteiger partial charge in [0.2, 0.25) is 5.76 Å². The van der Waals surface area contributed by atoms with E-state index in [4.69, 9.17) is 9.15 Å². The lowest BCUT2D eigenvalue weighted by molar-refractivity contribution is 0.0971. The highest BCUT2D eigenvalue weighted by Crippen LogP contribution is 2.42. The summed E-state index contributed by atoms with van der Waals surface area (Å²) in [5, 5.41) is 0.456. The number of carbonyl (C=O) groups excluding carboxylic acids is 1. The van der Waals surface area contributed by atoms with Crippen LogP contribution in [0.2, 0.25) is 0 Å². The van der Waals surface area contributed by atoms with Crippen molar-refractivity contribution < 1.29 is 13.9 Å². The summed E-state index contributed by atoms with van der Waals surface area (Å²) in [5.74, 6) is 0.423. The number of anilines is 1. The van der Waals surface area contributed by atoms with E-state index in [2.05, 4.69) is 15.9 Å². The molecular formula is C25H18BrNO4. The lowest BCUT2D eigenvalue weighted by atomic mass is 9.98. The lowest BCUT2D eigenvalue weighted by Gasteiger charge is -2.25. The maximum atomic E-state index is 13.5. The van der Waals surface area contributed by atoms with Gasteiger partial charge < -0.3 is 9.15 Å². The highest BCUT2D eigenvalue weighted by molar-refractivity contribution is 9.10. The molecule has 0 aliphatic carbocycles. The first-order valence-corrected chi connectivity index (χ1v) is 10.8. The molecule has 1 unspecified atom stereocenters. The molecule has 1 atom stereocenters. The lowest BCUT2D eigenvalue weighted by Crippen LogP contribution is -2.29. The van der Waals surface area contributed by atoms with Crippen LogP contribution in [0, 0.1) is 0 Å². The van der Waals surface area contributed by atoms with Crippen molar-refractivity contribution in [1.82, 2.24) is 0 Å². The molecule has 1 aromatic heterocycles. The highest BCUT2D eigenvalue weighted by atomic mass is 79.9. The minimum atomic E-state index is -0.620. The van der Waals surface area contributed by atoms with Crippen molar-refractivity contribution in [2.45, 2.75) is 13.0 Å². The molecule has 31 heavy (non-hydrogen) atoms. The van der Waals surface area contributed by atoms with Gasteiger partial charge in [-0.3, -0.25) is 14.5 Å². The van der Waals surface area contributed by atoms with E-state index in [0.717, 1.165) is 10.0 Å². The summed E-state index contributed by atoms with van der Waals surface area (Å²) in [6.45, 7) is 2.43. The molecule has 1 amide bonds. The largest absolute Gasteiger partial charge is 0.494 e. The topological polar surface area (TPSA) is 59.8 Å². The molecule has 4 aromatic rings. The van der Waals surface area contributed by atoms with E-state index in [1.165, 1.54) is 0 Å². The molecule has 0 bridgehead atoms. The molecule has 0 saturated heterocycles. The Balaban J connectivity index is 1.78. The van der Waals surface area contributed by atoms with E-state index >= 15 is 0 Å². The summed E-state index contributed by atoms with van der Waals surface area (Å²) in [4.78, 5) is 28.7. The third-order valence-corrected chi connectivity index (χ3v) is 5.90. The first-order valence-electron chi connectivity index (χ1n) is 9.96. The fraction of sp³-hybridized carbons (Fsp3) is 0.120. The summed E-state index contributed by atoms with van der Waals surface area (Å²) in [5.41, 5.74) is 2.01. The first-order chi connectivity index (χ1) is 15.1. The maximum Gasteiger partial charge on any atom is 0.295 e. The number of halogens is 1. The Morgan fingerprint density at radius 3 is 2.55 bits per heavy atom. The smallest absolute Gasteiger partial charge is 0.295 e. The summed E-state index contributed by atoms with van der Waals surface area (Å²) in [7, 11) is 0. The molecule has 1 aliphatic rings. The van der Waals surface area contributed by atoms with Crippen molar-refractivity contribution in [3.05, 3.63) is 104 Å². The fourth-order valence-corrected chi connectivity index (χ4v) is 4.31. The van der Waals surface area contributed by atoms with E-state index in [9.17, 15) is 9.59 Å². The van der Waals surface area contributed by atoms with Gasteiger partial charge in [0.1, 0.15) is 11.3 Å². The van der Waals surface area contributed by atoms with Gasteiger partial charge in [-0.2, -0.15) is 0 Å². The fourth-order valence-electron chi connectivity index (χ4n) is 4.04.